The molecule has 36 heavy (non-hydrogen) atoms. The topological polar surface area (TPSA) is 55.4 Å². The third-order valence-electron chi connectivity index (χ3n) is 6.38. The third kappa shape index (κ3) is 4.90. The van der Waals surface area contributed by atoms with Crippen LogP contribution in [0.4, 0.5) is 4.79 Å². The van der Waals surface area contributed by atoms with E-state index in [9.17, 15) is 9.59 Å². The molecular formula is C30H24ClNO3S. The summed E-state index contributed by atoms with van der Waals surface area (Å²) in [4.78, 5) is 26.0. The van der Waals surface area contributed by atoms with E-state index in [-0.39, 0.29) is 18.6 Å². The first kappa shape index (κ1) is 24.2. The molecule has 4 aromatic carbocycles. The average molecular weight is 514 g/mol. The maximum absolute atomic E-state index is 12.8. The molecular weight excluding hydrogens is 490 g/mol. The van der Waals surface area contributed by atoms with Crippen LogP contribution < -0.4 is 5.32 Å². The summed E-state index contributed by atoms with van der Waals surface area (Å²) in [5.74, 6) is -0.00409. The van der Waals surface area contributed by atoms with Crippen LogP contribution in [0.25, 0.3) is 11.1 Å². The highest BCUT2D eigenvalue weighted by molar-refractivity contribution is 7.99. The Balaban J connectivity index is 1.30. The van der Waals surface area contributed by atoms with Gasteiger partial charge in [0.05, 0.1) is 6.04 Å². The smallest absolute Gasteiger partial charge is 0.407 e. The predicted molar refractivity (Wildman–Crippen MR) is 144 cm³/mol. The number of ether oxygens (including phenoxy) is 1. The van der Waals surface area contributed by atoms with Crippen molar-refractivity contribution in [1.82, 2.24) is 5.32 Å². The fourth-order valence-corrected chi connectivity index (χ4v) is 5.92. The van der Waals surface area contributed by atoms with Crippen LogP contribution in [-0.2, 0) is 4.74 Å². The van der Waals surface area contributed by atoms with E-state index in [1.807, 2.05) is 61.5 Å². The highest BCUT2D eigenvalue weighted by Gasteiger charge is 2.29. The molecule has 1 amide bonds. The summed E-state index contributed by atoms with van der Waals surface area (Å²) in [5.41, 5.74) is 6.17. The molecule has 0 saturated heterocycles. The van der Waals surface area contributed by atoms with Gasteiger partial charge in [0.1, 0.15) is 6.61 Å². The zero-order chi connectivity index (χ0) is 25.1. The van der Waals surface area contributed by atoms with E-state index in [4.69, 9.17) is 16.3 Å². The molecule has 1 N–H and O–H groups in total. The first-order valence-electron chi connectivity index (χ1n) is 11.7. The lowest BCUT2D eigenvalue weighted by atomic mass is 9.98. The highest BCUT2D eigenvalue weighted by Crippen LogP contribution is 2.44. The molecule has 180 valence electrons. The van der Waals surface area contributed by atoms with Crippen LogP contribution in [0.1, 0.15) is 45.9 Å². The molecule has 0 radical (unpaired) electrons. The molecule has 6 heteroatoms. The van der Waals surface area contributed by atoms with Crippen LogP contribution in [0.5, 0.6) is 0 Å². The number of rotatable bonds is 7. The minimum atomic E-state index is -0.492. The summed E-state index contributed by atoms with van der Waals surface area (Å²) in [7, 11) is 0. The second-order valence-corrected chi connectivity index (χ2v) is 10.2. The van der Waals surface area contributed by atoms with E-state index in [0.29, 0.717) is 10.6 Å². The standard InChI is InChI=1S/C30H24ClNO3S/c1-19(26-16-21(31)14-15-29(26)36-28-13-7-2-8-20(28)17-33)32-30(34)35-18-27-24-11-5-3-9-22(24)23-10-4-6-12-25(23)27/h2-17,19,27H,18H2,1H3,(H,32,34)/t19-/m0/s1. The van der Waals surface area contributed by atoms with Crippen LogP contribution >= 0.6 is 23.4 Å². The Morgan fingerprint density at radius 2 is 1.58 bits per heavy atom. The number of hydrogen-bond acceptors (Lipinski definition) is 4. The number of carbonyl (C=O) groups is 2. The first-order chi connectivity index (χ1) is 17.5. The van der Waals surface area contributed by atoms with Gasteiger partial charge < -0.3 is 10.1 Å². The molecule has 0 bridgehead atoms. The van der Waals surface area contributed by atoms with Gasteiger partial charge in [-0.3, -0.25) is 4.79 Å². The van der Waals surface area contributed by atoms with Crippen molar-refractivity contribution < 1.29 is 14.3 Å². The zero-order valence-electron chi connectivity index (χ0n) is 19.6. The Morgan fingerprint density at radius 3 is 2.28 bits per heavy atom. The van der Waals surface area contributed by atoms with Gasteiger partial charge in [0.15, 0.2) is 6.29 Å². The minimum absolute atomic E-state index is 0.00409. The molecule has 5 rings (SSSR count). The van der Waals surface area contributed by atoms with Gasteiger partial charge >= 0.3 is 6.09 Å². The summed E-state index contributed by atoms with van der Waals surface area (Å²) in [6.45, 7) is 2.14. The monoisotopic (exact) mass is 513 g/mol. The van der Waals surface area contributed by atoms with Gasteiger partial charge in [0.2, 0.25) is 0 Å². The van der Waals surface area contributed by atoms with Gasteiger partial charge in [0.25, 0.3) is 0 Å². The average Bonchev–Trinajstić information content (AvgIpc) is 3.22. The van der Waals surface area contributed by atoms with Crippen molar-refractivity contribution in [3.05, 3.63) is 118 Å². The van der Waals surface area contributed by atoms with Gasteiger partial charge in [0, 0.05) is 26.3 Å². The van der Waals surface area contributed by atoms with Crippen molar-refractivity contribution in [1.29, 1.82) is 0 Å². The minimum Gasteiger partial charge on any atom is -0.449 e. The first-order valence-corrected chi connectivity index (χ1v) is 12.9. The number of carbonyl (C=O) groups excluding carboxylic acids is 2. The number of nitrogens with one attached hydrogen (secondary N) is 1. The zero-order valence-corrected chi connectivity index (χ0v) is 21.2. The molecule has 0 unspecified atom stereocenters. The van der Waals surface area contributed by atoms with Crippen LogP contribution in [0.15, 0.2) is 101 Å². The summed E-state index contributed by atoms with van der Waals surface area (Å²) in [6, 6.07) is 29.1. The Labute approximate surface area is 219 Å². The molecule has 0 aromatic heterocycles. The van der Waals surface area contributed by atoms with E-state index >= 15 is 0 Å². The second-order valence-electron chi connectivity index (χ2n) is 8.63. The van der Waals surface area contributed by atoms with Gasteiger partial charge in [-0.1, -0.05) is 90.1 Å². The van der Waals surface area contributed by atoms with Crippen molar-refractivity contribution in [2.75, 3.05) is 6.61 Å². The van der Waals surface area contributed by atoms with E-state index in [1.54, 1.807) is 12.1 Å². The van der Waals surface area contributed by atoms with E-state index < -0.39 is 6.09 Å². The van der Waals surface area contributed by atoms with Crippen molar-refractivity contribution in [3.63, 3.8) is 0 Å². The van der Waals surface area contributed by atoms with Crippen molar-refractivity contribution >= 4 is 35.7 Å². The maximum Gasteiger partial charge on any atom is 0.407 e. The molecule has 1 aliphatic carbocycles. The molecule has 4 nitrogen and oxygen atoms in total. The summed E-state index contributed by atoms with van der Waals surface area (Å²) < 4.78 is 5.72. The molecule has 0 spiro atoms. The van der Waals surface area contributed by atoms with Crippen LogP contribution in [0, 0.1) is 0 Å². The van der Waals surface area contributed by atoms with Gasteiger partial charge in [-0.15, -0.1) is 0 Å². The Hall–Kier alpha value is -3.54. The highest BCUT2D eigenvalue weighted by atomic mass is 35.5. The lowest BCUT2D eigenvalue weighted by molar-refractivity contribution is 0.112. The molecule has 0 saturated carbocycles. The number of alkyl carbamates (subject to hydrolysis) is 1. The lowest BCUT2D eigenvalue weighted by Crippen LogP contribution is -2.29. The lowest BCUT2D eigenvalue weighted by Gasteiger charge is -2.20. The van der Waals surface area contributed by atoms with E-state index in [0.717, 1.165) is 21.6 Å². The second kappa shape index (κ2) is 10.6. The third-order valence-corrected chi connectivity index (χ3v) is 7.80. The molecule has 0 aliphatic heterocycles. The number of amides is 1. The fraction of sp³-hybridized carbons (Fsp3) is 0.133. The molecule has 4 aromatic rings. The van der Waals surface area contributed by atoms with Crippen LogP contribution in [0.2, 0.25) is 5.02 Å². The Kier molecular flexibility index (Phi) is 7.12. The van der Waals surface area contributed by atoms with Crippen LogP contribution in [-0.4, -0.2) is 19.0 Å². The van der Waals surface area contributed by atoms with Gasteiger partial charge in [-0.25, -0.2) is 4.79 Å². The van der Waals surface area contributed by atoms with E-state index in [2.05, 4.69) is 29.6 Å². The number of aldehydes is 1. The normalized spacial score (nSPS) is 12.9. The molecule has 0 heterocycles. The number of fused-ring (bicyclic) bond motifs is 3. The molecule has 0 fully saturated rings. The van der Waals surface area contributed by atoms with Crippen molar-refractivity contribution in [2.24, 2.45) is 0 Å². The van der Waals surface area contributed by atoms with Crippen molar-refractivity contribution in [3.8, 4) is 11.1 Å². The Bertz CT molecular complexity index is 1390. The fourth-order valence-electron chi connectivity index (χ4n) is 4.63. The predicted octanol–water partition coefficient (Wildman–Crippen LogP) is 7.90. The quantitative estimate of drug-likeness (QED) is 0.255. The van der Waals surface area contributed by atoms with Gasteiger partial charge in [-0.2, -0.15) is 0 Å². The summed E-state index contributed by atoms with van der Waals surface area (Å²) >= 11 is 7.76. The molecule has 1 atom stereocenters. The maximum atomic E-state index is 12.8. The summed E-state index contributed by atoms with van der Waals surface area (Å²) in [5, 5.41) is 3.52. The van der Waals surface area contributed by atoms with Crippen LogP contribution in [0.3, 0.4) is 0 Å². The van der Waals surface area contributed by atoms with Crippen molar-refractivity contribution in [2.45, 2.75) is 28.7 Å². The van der Waals surface area contributed by atoms with Gasteiger partial charge in [-0.05, 0) is 59.0 Å². The number of hydrogen-bond donors (Lipinski definition) is 1. The number of halogens is 1. The largest absolute Gasteiger partial charge is 0.449 e. The van der Waals surface area contributed by atoms with E-state index in [1.165, 1.54) is 34.0 Å². The number of benzene rings is 4. The SMILES string of the molecule is C[C@H](NC(=O)OCC1c2ccccc2-c2ccccc21)c1cc(Cl)ccc1Sc1ccccc1C=O. The summed E-state index contributed by atoms with van der Waals surface area (Å²) in [6.07, 6.45) is 0.351. The Morgan fingerprint density at radius 1 is 0.944 bits per heavy atom. The molecule has 1 aliphatic rings.